The van der Waals surface area contributed by atoms with Crippen molar-refractivity contribution in [3.63, 3.8) is 0 Å². The van der Waals surface area contributed by atoms with Gasteiger partial charge in [0.2, 0.25) is 5.91 Å². The third-order valence-corrected chi connectivity index (χ3v) is 6.93. The second kappa shape index (κ2) is 10.6. The van der Waals surface area contributed by atoms with Crippen LogP contribution in [-0.2, 0) is 4.79 Å². The van der Waals surface area contributed by atoms with Crippen LogP contribution in [0.15, 0.2) is 73.2 Å². The van der Waals surface area contributed by atoms with E-state index in [0.29, 0.717) is 17.0 Å². The van der Waals surface area contributed by atoms with E-state index in [-0.39, 0.29) is 23.7 Å². The number of pyridine rings is 1. The summed E-state index contributed by atoms with van der Waals surface area (Å²) in [6.07, 6.45) is 5.28. The largest absolute Gasteiger partial charge is 0.347 e. The van der Waals surface area contributed by atoms with E-state index >= 15 is 0 Å². The van der Waals surface area contributed by atoms with Crippen molar-refractivity contribution in [3.8, 4) is 11.3 Å². The van der Waals surface area contributed by atoms with E-state index in [4.69, 9.17) is 5.10 Å². The van der Waals surface area contributed by atoms with Gasteiger partial charge in [0.15, 0.2) is 0 Å². The summed E-state index contributed by atoms with van der Waals surface area (Å²) in [5, 5.41) is 8.78. The molecule has 39 heavy (non-hydrogen) atoms. The van der Waals surface area contributed by atoms with Crippen LogP contribution in [0.4, 0.5) is 0 Å². The van der Waals surface area contributed by atoms with Crippen molar-refractivity contribution in [2.75, 3.05) is 14.1 Å². The SMILES string of the molecule is CC(C)C(NC(=O)c1ccc(-c2cnc3ncc([C@H](C)c4ccc5ncccc5c4)n3n2)cc1)C(=O)N(C)C. The van der Waals surface area contributed by atoms with Crippen molar-refractivity contribution in [2.45, 2.75) is 32.7 Å². The fourth-order valence-corrected chi connectivity index (χ4v) is 4.56. The minimum Gasteiger partial charge on any atom is -0.347 e. The second-order valence-electron chi connectivity index (χ2n) is 10.2. The first-order chi connectivity index (χ1) is 18.7. The van der Waals surface area contributed by atoms with E-state index < -0.39 is 6.04 Å². The zero-order chi connectivity index (χ0) is 27.7. The van der Waals surface area contributed by atoms with E-state index in [1.165, 1.54) is 4.90 Å². The Kier molecular flexibility index (Phi) is 7.06. The van der Waals surface area contributed by atoms with Crippen LogP contribution >= 0.6 is 0 Å². The summed E-state index contributed by atoms with van der Waals surface area (Å²) in [5.74, 6) is 0.0732. The van der Waals surface area contributed by atoms with Gasteiger partial charge in [-0.3, -0.25) is 14.6 Å². The van der Waals surface area contributed by atoms with Crippen molar-refractivity contribution >= 4 is 28.5 Å². The predicted octanol–water partition coefficient (Wildman–Crippen LogP) is 4.33. The molecular formula is C30H31N7O2. The third kappa shape index (κ3) is 5.20. The van der Waals surface area contributed by atoms with Crippen molar-refractivity contribution < 1.29 is 9.59 Å². The number of nitrogens with one attached hydrogen (secondary N) is 1. The fourth-order valence-electron chi connectivity index (χ4n) is 4.56. The minimum atomic E-state index is -0.596. The highest BCUT2D eigenvalue weighted by molar-refractivity contribution is 5.97. The van der Waals surface area contributed by atoms with Gasteiger partial charge in [-0.15, -0.1) is 0 Å². The number of amides is 2. The highest BCUT2D eigenvalue weighted by Crippen LogP contribution is 2.27. The van der Waals surface area contributed by atoms with Crippen LogP contribution in [0.5, 0.6) is 0 Å². The summed E-state index contributed by atoms with van der Waals surface area (Å²) in [6.45, 7) is 5.94. The Morgan fingerprint density at radius 2 is 1.67 bits per heavy atom. The molecule has 2 aromatic carbocycles. The van der Waals surface area contributed by atoms with Crippen molar-refractivity contribution in [1.82, 2.24) is 34.8 Å². The molecule has 2 amide bonds. The molecule has 3 aromatic heterocycles. The lowest BCUT2D eigenvalue weighted by atomic mass is 9.97. The van der Waals surface area contributed by atoms with Crippen LogP contribution in [-0.4, -0.2) is 61.4 Å². The fraction of sp³-hybridized carbons (Fsp3) is 0.267. The molecule has 0 saturated carbocycles. The van der Waals surface area contributed by atoms with Gasteiger partial charge in [0.25, 0.3) is 11.7 Å². The predicted molar refractivity (Wildman–Crippen MR) is 150 cm³/mol. The van der Waals surface area contributed by atoms with Crippen molar-refractivity contribution in [2.24, 2.45) is 5.92 Å². The molecule has 0 fully saturated rings. The summed E-state index contributed by atoms with van der Waals surface area (Å²) < 4.78 is 1.77. The van der Waals surface area contributed by atoms with Gasteiger partial charge in [-0.1, -0.05) is 45.0 Å². The highest BCUT2D eigenvalue weighted by Gasteiger charge is 2.26. The van der Waals surface area contributed by atoms with Gasteiger partial charge in [0, 0.05) is 42.7 Å². The number of carbonyl (C=O) groups excluding carboxylic acids is 2. The van der Waals surface area contributed by atoms with Crippen molar-refractivity contribution in [1.29, 1.82) is 0 Å². The van der Waals surface area contributed by atoms with E-state index in [2.05, 4.69) is 45.4 Å². The Morgan fingerprint density at radius 1 is 0.923 bits per heavy atom. The van der Waals surface area contributed by atoms with Crippen LogP contribution in [0.2, 0.25) is 0 Å². The summed E-state index contributed by atoms with van der Waals surface area (Å²) in [4.78, 5) is 40.2. The average molecular weight is 522 g/mol. The molecule has 1 N–H and O–H groups in total. The minimum absolute atomic E-state index is 0.0269. The Bertz CT molecular complexity index is 1660. The number of benzene rings is 2. The Labute approximate surface area is 226 Å². The zero-order valence-corrected chi connectivity index (χ0v) is 22.7. The molecule has 0 bridgehead atoms. The number of hydrogen-bond donors (Lipinski definition) is 1. The van der Waals surface area contributed by atoms with E-state index in [0.717, 1.165) is 27.7 Å². The first-order valence-electron chi connectivity index (χ1n) is 12.9. The normalized spacial score (nSPS) is 13.0. The number of hydrogen-bond acceptors (Lipinski definition) is 6. The third-order valence-electron chi connectivity index (χ3n) is 6.93. The molecule has 0 aliphatic rings. The van der Waals surface area contributed by atoms with Crippen LogP contribution in [0.25, 0.3) is 27.9 Å². The molecule has 0 saturated heterocycles. The van der Waals surface area contributed by atoms with Crippen LogP contribution < -0.4 is 5.32 Å². The van der Waals surface area contributed by atoms with E-state index in [9.17, 15) is 9.59 Å². The zero-order valence-electron chi connectivity index (χ0n) is 22.7. The van der Waals surface area contributed by atoms with Crippen LogP contribution in [0, 0.1) is 5.92 Å². The molecule has 0 spiro atoms. The topological polar surface area (TPSA) is 105 Å². The monoisotopic (exact) mass is 521 g/mol. The van der Waals surface area contributed by atoms with Crippen molar-refractivity contribution in [3.05, 3.63) is 90.0 Å². The Morgan fingerprint density at radius 3 is 2.38 bits per heavy atom. The van der Waals surface area contributed by atoms with Crippen LogP contribution in [0.1, 0.15) is 48.3 Å². The molecule has 9 heteroatoms. The molecule has 1 unspecified atom stereocenters. The molecule has 198 valence electrons. The van der Waals surface area contributed by atoms with Gasteiger partial charge < -0.3 is 10.2 Å². The van der Waals surface area contributed by atoms with Gasteiger partial charge in [0.05, 0.1) is 23.6 Å². The number of nitrogens with zero attached hydrogens (tertiary/aromatic N) is 6. The maximum Gasteiger partial charge on any atom is 0.251 e. The number of aromatic nitrogens is 5. The molecular weight excluding hydrogens is 490 g/mol. The smallest absolute Gasteiger partial charge is 0.251 e. The number of fused-ring (bicyclic) bond motifs is 2. The van der Waals surface area contributed by atoms with Gasteiger partial charge in [-0.2, -0.15) is 5.10 Å². The summed E-state index contributed by atoms with van der Waals surface area (Å²) in [6, 6.07) is 16.8. The summed E-state index contributed by atoms with van der Waals surface area (Å²) >= 11 is 0. The number of rotatable bonds is 7. The molecule has 0 aliphatic carbocycles. The summed E-state index contributed by atoms with van der Waals surface area (Å²) in [5.41, 5.74) is 4.94. The Balaban J connectivity index is 1.39. The molecule has 5 rings (SSSR count). The molecule has 2 atom stereocenters. The molecule has 5 aromatic rings. The standard InChI is InChI=1S/C30H31N7O2/c1-18(2)27(29(39)36(4)5)34-28(38)21-10-8-20(9-11-21)25-16-32-30-33-17-26(37(30)35-25)19(3)22-12-13-24-23(15-22)7-6-14-31-24/h6-19,27H,1-5H3,(H,34,38)/t19-,27?/m1/s1. The second-order valence-corrected chi connectivity index (χ2v) is 10.2. The molecule has 0 aliphatic heterocycles. The first-order valence-corrected chi connectivity index (χ1v) is 12.9. The quantitative estimate of drug-likeness (QED) is 0.342. The number of carbonyl (C=O) groups is 2. The maximum absolute atomic E-state index is 12.9. The van der Waals surface area contributed by atoms with Gasteiger partial charge in [-0.05, 0) is 41.8 Å². The first kappa shape index (κ1) is 26.0. The number of likely N-dealkylation sites (N-methyl/N-ethyl adjacent to an activating group) is 1. The molecule has 3 heterocycles. The lowest BCUT2D eigenvalue weighted by Crippen LogP contribution is -2.49. The van der Waals surface area contributed by atoms with E-state index in [1.807, 2.05) is 44.3 Å². The van der Waals surface area contributed by atoms with Gasteiger partial charge >= 0.3 is 0 Å². The maximum atomic E-state index is 12.9. The molecule has 9 nitrogen and oxygen atoms in total. The average Bonchev–Trinajstić information content (AvgIpc) is 3.38. The lowest BCUT2D eigenvalue weighted by Gasteiger charge is -2.24. The lowest BCUT2D eigenvalue weighted by molar-refractivity contribution is -0.131. The van der Waals surface area contributed by atoms with E-state index in [1.54, 1.807) is 43.1 Å². The van der Waals surface area contributed by atoms with Gasteiger partial charge in [0.1, 0.15) is 11.7 Å². The van der Waals surface area contributed by atoms with Gasteiger partial charge in [-0.25, -0.2) is 14.5 Å². The molecule has 0 radical (unpaired) electrons. The summed E-state index contributed by atoms with van der Waals surface area (Å²) in [7, 11) is 3.37. The number of imidazole rings is 1. The van der Waals surface area contributed by atoms with Crippen LogP contribution in [0.3, 0.4) is 0 Å². The Hall–Kier alpha value is -4.66. The highest BCUT2D eigenvalue weighted by atomic mass is 16.2.